The number of hydrogen-bond donors (Lipinski definition) is 2. The maximum atomic E-state index is 11.7. The molecule has 0 spiro atoms. The Morgan fingerprint density at radius 1 is 0.931 bits per heavy atom. The Morgan fingerprint density at radius 2 is 1.62 bits per heavy atom. The SMILES string of the molecule is C[C@@H]1O[C@@H](O)[C@H]2C1=CC[C@H]1[C@]3(C)CCC4C(C)(C)CCC[C@]4(C)[C@H]3C[C@@H](O)[C@]21C. The van der Waals surface area contributed by atoms with Gasteiger partial charge >= 0.3 is 0 Å². The molecule has 0 bridgehead atoms. The van der Waals surface area contributed by atoms with Crippen molar-refractivity contribution in [1.29, 1.82) is 0 Å². The fraction of sp³-hybridized carbons (Fsp3) is 0.923. The summed E-state index contributed by atoms with van der Waals surface area (Å²) in [4.78, 5) is 0. The van der Waals surface area contributed by atoms with E-state index in [-0.39, 0.29) is 29.0 Å². The Hall–Kier alpha value is -0.380. The Labute approximate surface area is 177 Å². The topological polar surface area (TPSA) is 49.7 Å². The summed E-state index contributed by atoms with van der Waals surface area (Å²) in [6, 6.07) is 0. The minimum absolute atomic E-state index is 0.0297. The van der Waals surface area contributed by atoms with Crippen molar-refractivity contribution in [3.8, 4) is 0 Å². The van der Waals surface area contributed by atoms with Gasteiger partial charge in [-0.2, -0.15) is 0 Å². The lowest BCUT2D eigenvalue weighted by Gasteiger charge is -2.70. The van der Waals surface area contributed by atoms with Gasteiger partial charge in [-0.1, -0.05) is 47.1 Å². The third-order valence-corrected chi connectivity index (χ3v) is 11.3. The summed E-state index contributed by atoms with van der Waals surface area (Å²) >= 11 is 0. The van der Waals surface area contributed by atoms with E-state index in [2.05, 4.69) is 47.6 Å². The van der Waals surface area contributed by atoms with Crippen LogP contribution in [-0.2, 0) is 4.74 Å². The van der Waals surface area contributed by atoms with Crippen molar-refractivity contribution in [1.82, 2.24) is 0 Å². The molecule has 164 valence electrons. The van der Waals surface area contributed by atoms with Crippen LogP contribution in [-0.4, -0.2) is 28.7 Å². The first kappa shape index (κ1) is 20.5. The third kappa shape index (κ3) is 2.42. The predicted molar refractivity (Wildman–Crippen MR) is 115 cm³/mol. The summed E-state index contributed by atoms with van der Waals surface area (Å²) < 4.78 is 5.85. The molecule has 4 aliphatic carbocycles. The van der Waals surface area contributed by atoms with E-state index in [1.165, 1.54) is 37.7 Å². The Balaban J connectivity index is 1.59. The maximum Gasteiger partial charge on any atom is 0.162 e. The number of aliphatic hydroxyl groups excluding tert-OH is 2. The first-order valence-electron chi connectivity index (χ1n) is 12.2. The van der Waals surface area contributed by atoms with Gasteiger partial charge in [0.15, 0.2) is 6.29 Å². The maximum absolute atomic E-state index is 11.7. The second-order valence-corrected chi connectivity index (χ2v) is 12.8. The number of fused-ring (bicyclic) bond motifs is 7. The summed E-state index contributed by atoms with van der Waals surface area (Å²) in [5, 5.41) is 22.5. The zero-order valence-electron chi connectivity index (χ0n) is 19.4. The van der Waals surface area contributed by atoms with E-state index >= 15 is 0 Å². The highest BCUT2D eigenvalue weighted by Crippen LogP contribution is 2.73. The number of aliphatic hydroxyl groups is 2. The predicted octanol–water partition coefficient (Wildman–Crippen LogP) is 5.31. The summed E-state index contributed by atoms with van der Waals surface area (Å²) in [6.07, 6.45) is 9.65. The highest BCUT2D eigenvalue weighted by molar-refractivity contribution is 5.29. The molecule has 3 nitrogen and oxygen atoms in total. The van der Waals surface area contributed by atoms with Gasteiger partial charge in [0.25, 0.3) is 0 Å². The highest BCUT2D eigenvalue weighted by Gasteiger charge is 2.69. The number of hydrogen-bond acceptors (Lipinski definition) is 3. The lowest BCUT2D eigenvalue weighted by Crippen LogP contribution is -2.66. The molecule has 0 aromatic heterocycles. The number of rotatable bonds is 0. The van der Waals surface area contributed by atoms with Crippen LogP contribution in [0.4, 0.5) is 0 Å². The minimum atomic E-state index is -0.778. The molecule has 5 aliphatic rings. The van der Waals surface area contributed by atoms with Crippen LogP contribution in [0, 0.1) is 45.3 Å². The molecule has 29 heavy (non-hydrogen) atoms. The van der Waals surface area contributed by atoms with Crippen molar-refractivity contribution in [2.24, 2.45) is 45.3 Å². The normalized spacial score (nSPS) is 58.5. The average molecular weight is 403 g/mol. The first-order chi connectivity index (χ1) is 13.5. The van der Waals surface area contributed by atoms with Crippen LogP contribution < -0.4 is 0 Å². The number of allylic oxidation sites excluding steroid dienone is 1. The van der Waals surface area contributed by atoms with Crippen molar-refractivity contribution in [3.05, 3.63) is 11.6 Å². The first-order valence-corrected chi connectivity index (χ1v) is 12.2. The Bertz CT molecular complexity index is 727. The number of ether oxygens (including phenoxy) is 1. The van der Waals surface area contributed by atoms with Crippen molar-refractivity contribution in [2.45, 2.75) is 105 Å². The molecule has 5 rings (SSSR count). The molecule has 0 radical (unpaired) electrons. The van der Waals surface area contributed by atoms with Gasteiger partial charge in [-0.15, -0.1) is 0 Å². The fourth-order valence-corrected chi connectivity index (χ4v) is 10.0. The molecular weight excluding hydrogens is 360 g/mol. The molecule has 0 aromatic carbocycles. The van der Waals surface area contributed by atoms with Gasteiger partial charge in [0.05, 0.1) is 12.2 Å². The molecule has 1 unspecified atom stereocenters. The van der Waals surface area contributed by atoms with Crippen LogP contribution in [0.25, 0.3) is 0 Å². The zero-order valence-corrected chi connectivity index (χ0v) is 19.4. The van der Waals surface area contributed by atoms with E-state index < -0.39 is 6.29 Å². The van der Waals surface area contributed by atoms with Crippen LogP contribution in [0.1, 0.15) is 86.5 Å². The molecule has 10 atom stereocenters. The van der Waals surface area contributed by atoms with Crippen LogP contribution in [0.3, 0.4) is 0 Å². The van der Waals surface area contributed by atoms with E-state index in [0.29, 0.717) is 22.7 Å². The lowest BCUT2D eigenvalue weighted by atomic mass is 9.34. The second kappa shape index (κ2) is 6.11. The standard InChI is InChI=1S/C26H42O3/c1-15-16-8-9-18-25(5)13-10-17-23(2,3)11-7-12-24(17,4)19(25)14-20(27)26(18,6)21(16)22(28)29-15/h8,15,17-22,27-28H,7,9-14H2,1-6H3/t15-,17?,18-,19+,20+,21+,22+,24-,25-,26+/m0/s1. The fourth-order valence-electron chi connectivity index (χ4n) is 10.0. The summed E-state index contributed by atoms with van der Waals surface area (Å²) in [7, 11) is 0. The van der Waals surface area contributed by atoms with Crippen LogP contribution >= 0.6 is 0 Å². The summed E-state index contributed by atoms with van der Waals surface area (Å²) in [5.74, 6) is 1.67. The molecule has 1 heterocycles. The molecule has 1 saturated heterocycles. The second-order valence-electron chi connectivity index (χ2n) is 12.8. The largest absolute Gasteiger partial charge is 0.393 e. The van der Waals surface area contributed by atoms with E-state index in [9.17, 15) is 10.2 Å². The molecule has 4 fully saturated rings. The third-order valence-electron chi connectivity index (χ3n) is 11.3. The van der Waals surface area contributed by atoms with Crippen LogP contribution in [0.5, 0.6) is 0 Å². The van der Waals surface area contributed by atoms with Gasteiger partial charge in [-0.3, -0.25) is 0 Å². The van der Waals surface area contributed by atoms with Gasteiger partial charge in [-0.05, 0) is 85.0 Å². The lowest BCUT2D eigenvalue weighted by molar-refractivity contribution is -0.248. The van der Waals surface area contributed by atoms with Gasteiger partial charge in [0.1, 0.15) is 0 Å². The molecule has 3 saturated carbocycles. The highest BCUT2D eigenvalue weighted by atomic mass is 16.6. The Morgan fingerprint density at radius 3 is 2.34 bits per heavy atom. The van der Waals surface area contributed by atoms with Crippen molar-refractivity contribution in [3.63, 3.8) is 0 Å². The summed E-state index contributed by atoms with van der Waals surface area (Å²) in [6.45, 7) is 14.4. The van der Waals surface area contributed by atoms with Crippen LogP contribution in [0.2, 0.25) is 0 Å². The molecule has 0 aromatic rings. The average Bonchev–Trinajstić information content (AvgIpc) is 2.91. The molecule has 2 N–H and O–H groups in total. The zero-order chi connectivity index (χ0) is 21.0. The molecule has 0 amide bonds. The van der Waals surface area contributed by atoms with Gasteiger partial charge in [0.2, 0.25) is 0 Å². The van der Waals surface area contributed by atoms with E-state index in [0.717, 1.165) is 18.8 Å². The van der Waals surface area contributed by atoms with Crippen molar-refractivity contribution in [2.75, 3.05) is 0 Å². The monoisotopic (exact) mass is 402 g/mol. The molecule has 3 heteroatoms. The van der Waals surface area contributed by atoms with E-state index in [1.54, 1.807) is 0 Å². The molecule has 1 aliphatic heterocycles. The van der Waals surface area contributed by atoms with Gasteiger partial charge < -0.3 is 14.9 Å². The van der Waals surface area contributed by atoms with E-state index in [1.807, 2.05) is 0 Å². The Kier molecular flexibility index (Phi) is 4.32. The van der Waals surface area contributed by atoms with Gasteiger partial charge in [-0.25, -0.2) is 0 Å². The molecular formula is C26H42O3. The minimum Gasteiger partial charge on any atom is -0.393 e. The van der Waals surface area contributed by atoms with Gasteiger partial charge in [0, 0.05) is 11.3 Å². The van der Waals surface area contributed by atoms with E-state index in [4.69, 9.17) is 4.74 Å². The summed E-state index contributed by atoms with van der Waals surface area (Å²) in [5.41, 5.74) is 1.88. The quantitative estimate of drug-likeness (QED) is 0.540. The van der Waals surface area contributed by atoms with Crippen LogP contribution in [0.15, 0.2) is 11.6 Å². The smallest absolute Gasteiger partial charge is 0.162 e. The van der Waals surface area contributed by atoms with Crippen molar-refractivity contribution < 1.29 is 14.9 Å². The van der Waals surface area contributed by atoms with Crippen molar-refractivity contribution >= 4 is 0 Å².